The average molecular weight is 437 g/mol. The van der Waals surface area contributed by atoms with E-state index in [1.807, 2.05) is 72.8 Å². The van der Waals surface area contributed by atoms with Gasteiger partial charge in [0.05, 0.1) is 37.7 Å². The minimum Gasteiger partial charge on any atom is -0.469 e. The zero-order chi connectivity index (χ0) is 23.2. The summed E-state index contributed by atoms with van der Waals surface area (Å²) in [5.74, 6) is -2.14. The highest BCUT2D eigenvalue weighted by atomic mass is 16.5. The summed E-state index contributed by atoms with van der Waals surface area (Å²) < 4.78 is 10.6. The third-order valence-electron chi connectivity index (χ3n) is 7.62. The smallest absolute Gasteiger partial charge is 0.310 e. The number of esters is 2. The summed E-state index contributed by atoms with van der Waals surface area (Å²) in [5, 5.41) is 9.26. The van der Waals surface area contributed by atoms with Gasteiger partial charge in [0.25, 0.3) is 0 Å². The largest absolute Gasteiger partial charge is 0.469 e. The highest BCUT2D eigenvalue weighted by Crippen LogP contribution is 2.89. The van der Waals surface area contributed by atoms with Crippen molar-refractivity contribution >= 4 is 11.9 Å². The minimum atomic E-state index is -0.783. The van der Waals surface area contributed by atoms with Gasteiger partial charge < -0.3 is 9.47 Å². The molecule has 0 N–H and O–H groups in total. The predicted octanol–water partition coefficient (Wildman–Crippen LogP) is 4.12. The van der Waals surface area contributed by atoms with Crippen molar-refractivity contribution in [1.29, 1.82) is 5.26 Å². The van der Waals surface area contributed by atoms with Gasteiger partial charge in [-0.3, -0.25) is 9.59 Å². The van der Waals surface area contributed by atoms with Crippen molar-refractivity contribution in [3.63, 3.8) is 0 Å². The lowest BCUT2D eigenvalue weighted by Gasteiger charge is -2.50. The van der Waals surface area contributed by atoms with Crippen LogP contribution in [0.2, 0.25) is 0 Å². The van der Waals surface area contributed by atoms with Gasteiger partial charge in [-0.2, -0.15) is 5.26 Å². The second-order valence-corrected chi connectivity index (χ2v) is 8.64. The normalized spacial score (nSPS) is 29.1. The first-order valence-corrected chi connectivity index (χ1v) is 10.9. The van der Waals surface area contributed by atoms with Crippen LogP contribution in [-0.4, -0.2) is 26.2 Å². The van der Waals surface area contributed by atoms with Crippen LogP contribution in [-0.2, 0) is 29.9 Å². The molecule has 2 saturated carbocycles. The summed E-state index contributed by atoms with van der Waals surface area (Å²) in [6.45, 7) is 0. The number of hydrogen-bond donors (Lipinski definition) is 0. The third-order valence-corrected chi connectivity index (χ3v) is 7.62. The number of carbonyl (C=O) groups is 2. The molecule has 5 nitrogen and oxygen atoms in total. The van der Waals surface area contributed by atoms with Crippen LogP contribution < -0.4 is 0 Å². The average Bonchev–Trinajstić information content (AvgIpc) is 3.41. The SMILES string of the molecule is COC(=O)C1C(c2ccc(C#N)cc2)C2(c3ccccc3)C(C(=O)OC)C12c1ccccc1. The first kappa shape index (κ1) is 21.0. The molecular weight excluding hydrogens is 414 g/mol. The molecule has 3 aromatic rings. The van der Waals surface area contributed by atoms with Gasteiger partial charge in [-0.1, -0.05) is 72.8 Å². The molecule has 5 rings (SSSR count). The fourth-order valence-corrected chi connectivity index (χ4v) is 6.58. The number of rotatable bonds is 5. The molecule has 0 amide bonds. The van der Waals surface area contributed by atoms with E-state index in [-0.39, 0.29) is 17.9 Å². The van der Waals surface area contributed by atoms with Crippen LogP contribution in [0.5, 0.6) is 0 Å². The minimum absolute atomic E-state index is 0.315. The van der Waals surface area contributed by atoms with Crippen molar-refractivity contribution in [3.05, 3.63) is 107 Å². The van der Waals surface area contributed by atoms with Gasteiger partial charge in [0.15, 0.2) is 0 Å². The van der Waals surface area contributed by atoms with Gasteiger partial charge in [-0.05, 0) is 28.8 Å². The van der Waals surface area contributed by atoms with Gasteiger partial charge in [-0.15, -0.1) is 0 Å². The van der Waals surface area contributed by atoms with Crippen LogP contribution in [0.4, 0.5) is 0 Å². The van der Waals surface area contributed by atoms with E-state index in [0.29, 0.717) is 5.56 Å². The van der Waals surface area contributed by atoms with E-state index in [0.717, 1.165) is 16.7 Å². The molecule has 0 bridgehead atoms. The van der Waals surface area contributed by atoms with Crippen LogP contribution in [0.15, 0.2) is 84.9 Å². The maximum absolute atomic E-state index is 13.3. The maximum Gasteiger partial charge on any atom is 0.310 e. The van der Waals surface area contributed by atoms with E-state index >= 15 is 0 Å². The zero-order valence-electron chi connectivity index (χ0n) is 18.4. The zero-order valence-corrected chi connectivity index (χ0v) is 18.4. The highest BCUT2D eigenvalue weighted by Gasteiger charge is 2.95. The highest BCUT2D eigenvalue weighted by molar-refractivity contribution is 5.95. The first-order chi connectivity index (χ1) is 16.1. The van der Waals surface area contributed by atoms with Crippen molar-refractivity contribution in [2.45, 2.75) is 16.7 Å². The summed E-state index contributed by atoms with van der Waals surface area (Å²) in [4.78, 5) is 26.6. The molecule has 5 heteroatoms. The Morgan fingerprint density at radius 2 is 1.27 bits per heavy atom. The quantitative estimate of drug-likeness (QED) is 0.561. The van der Waals surface area contributed by atoms with Crippen molar-refractivity contribution < 1.29 is 19.1 Å². The van der Waals surface area contributed by atoms with Crippen molar-refractivity contribution in [2.24, 2.45) is 11.8 Å². The predicted molar refractivity (Wildman–Crippen MR) is 121 cm³/mol. The van der Waals surface area contributed by atoms with Gasteiger partial charge in [-0.25, -0.2) is 0 Å². The molecule has 33 heavy (non-hydrogen) atoms. The topological polar surface area (TPSA) is 76.4 Å². The molecule has 0 spiro atoms. The number of benzene rings is 3. The molecule has 0 heterocycles. The molecular formula is C28H23NO4. The molecule has 0 radical (unpaired) electrons. The number of methoxy groups -OCH3 is 2. The van der Waals surface area contributed by atoms with E-state index in [4.69, 9.17) is 9.47 Å². The molecule has 2 aliphatic rings. The van der Waals surface area contributed by atoms with Gasteiger partial charge in [0.1, 0.15) is 0 Å². The third kappa shape index (κ3) is 2.52. The molecule has 2 aliphatic carbocycles. The monoisotopic (exact) mass is 437 g/mol. The number of hydrogen-bond acceptors (Lipinski definition) is 5. The lowest BCUT2D eigenvalue weighted by atomic mass is 9.51. The summed E-state index contributed by atoms with van der Waals surface area (Å²) in [6, 6.07) is 29.0. The molecule has 5 atom stereocenters. The first-order valence-electron chi connectivity index (χ1n) is 10.9. The summed E-state index contributed by atoms with van der Waals surface area (Å²) in [7, 11) is 2.77. The number of fused-ring (bicyclic) bond motifs is 1. The Kier molecular flexibility index (Phi) is 4.83. The Morgan fingerprint density at radius 3 is 1.76 bits per heavy atom. The molecule has 0 saturated heterocycles. The van der Waals surface area contributed by atoms with E-state index < -0.39 is 22.7 Å². The number of carbonyl (C=O) groups excluding carboxylic acids is 2. The van der Waals surface area contributed by atoms with E-state index in [1.54, 1.807) is 12.1 Å². The molecule has 5 unspecified atom stereocenters. The summed E-state index contributed by atoms with van der Waals surface area (Å²) in [5.41, 5.74) is 1.88. The fourth-order valence-electron chi connectivity index (χ4n) is 6.58. The Bertz CT molecular complexity index is 1250. The van der Waals surface area contributed by atoms with E-state index in [9.17, 15) is 14.9 Å². The van der Waals surface area contributed by atoms with Gasteiger partial charge >= 0.3 is 11.9 Å². The van der Waals surface area contributed by atoms with E-state index in [2.05, 4.69) is 6.07 Å². The lowest BCUT2D eigenvalue weighted by molar-refractivity contribution is -0.152. The Labute approximate surface area is 192 Å². The maximum atomic E-state index is 13.3. The Balaban J connectivity index is 1.81. The molecule has 3 aromatic carbocycles. The standard InChI is InChI=1S/C28H23NO4/c1-32-25(30)23-22(19-15-13-18(17-29)14-16-19)27(20-9-5-3-6-10-20)24(26(31)33-2)28(23,27)21-11-7-4-8-12-21/h3-16,22-24H,1-2H3. The molecule has 2 fully saturated rings. The van der Waals surface area contributed by atoms with Crippen LogP contribution in [0.3, 0.4) is 0 Å². The molecule has 0 aromatic heterocycles. The fraction of sp³-hybridized carbons (Fsp3) is 0.250. The van der Waals surface area contributed by atoms with Crippen molar-refractivity contribution in [1.82, 2.24) is 0 Å². The van der Waals surface area contributed by atoms with Gasteiger partial charge in [0.2, 0.25) is 0 Å². The Hall–Kier alpha value is -3.91. The summed E-state index contributed by atoms with van der Waals surface area (Å²) in [6.07, 6.45) is 0. The van der Waals surface area contributed by atoms with E-state index in [1.165, 1.54) is 14.2 Å². The second kappa shape index (κ2) is 7.60. The Morgan fingerprint density at radius 1 is 0.758 bits per heavy atom. The summed E-state index contributed by atoms with van der Waals surface area (Å²) >= 11 is 0. The number of nitrogens with zero attached hydrogens (tertiary/aromatic N) is 1. The lowest BCUT2D eigenvalue weighted by Crippen LogP contribution is -2.54. The molecule has 164 valence electrons. The van der Waals surface area contributed by atoms with Crippen LogP contribution in [0.25, 0.3) is 0 Å². The van der Waals surface area contributed by atoms with Crippen LogP contribution >= 0.6 is 0 Å². The van der Waals surface area contributed by atoms with Crippen LogP contribution in [0, 0.1) is 23.2 Å². The molecule has 0 aliphatic heterocycles. The van der Waals surface area contributed by atoms with Gasteiger partial charge in [0, 0.05) is 16.7 Å². The van der Waals surface area contributed by atoms with Crippen molar-refractivity contribution in [3.8, 4) is 6.07 Å². The number of ether oxygens (including phenoxy) is 2. The second-order valence-electron chi connectivity index (χ2n) is 8.64. The van der Waals surface area contributed by atoms with Crippen molar-refractivity contribution in [2.75, 3.05) is 14.2 Å². The van der Waals surface area contributed by atoms with Crippen LogP contribution in [0.1, 0.15) is 28.2 Å². The number of nitriles is 1.